The van der Waals surface area contributed by atoms with Gasteiger partial charge in [0.05, 0.1) is 4.87 Å². The maximum Gasteiger partial charge on any atom is 0.0537 e. The first-order valence-corrected chi connectivity index (χ1v) is 5.05. The molecule has 0 heterocycles. The van der Waals surface area contributed by atoms with Crippen molar-refractivity contribution in [1.29, 1.82) is 0 Å². The van der Waals surface area contributed by atoms with Crippen molar-refractivity contribution < 1.29 is 0 Å². The molecule has 2 rings (SSSR count). The highest BCUT2D eigenvalue weighted by Gasteiger charge is 2.70. The van der Waals surface area contributed by atoms with E-state index in [2.05, 4.69) is 20.8 Å². The van der Waals surface area contributed by atoms with E-state index in [1.165, 1.54) is 19.3 Å². The van der Waals surface area contributed by atoms with Crippen LogP contribution in [0.4, 0.5) is 0 Å². The minimum Gasteiger partial charge on any atom is -0.118 e. The van der Waals surface area contributed by atoms with Gasteiger partial charge in [-0.1, -0.05) is 27.2 Å². The molecule has 0 bridgehead atoms. The van der Waals surface area contributed by atoms with Gasteiger partial charge in [-0.3, -0.25) is 0 Å². The Morgan fingerprint density at radius 3 is 2.36 bits per heavy atom. The summed E-state index contributed by atoms with van der Waals surface area (Å²) in [4.78, 5) is 0.185. The lowest BCUT2D eigenvalue weighted by Crippen LogP contribution is -2.16. The van der Waals surface area contributed by atoms with Crippen molar-refractivity contribution in [3.8, 4) is 0 Å². The second-order valence-corrected chi connectivity index (χ2v) is 5.70. The van der Waals surface area contributed by atoms with Crippen molar-refractivity contribution in [2.75, 3.05) is 0 Å². The minimum atomic E-state index is 0.185. The third kappa shape index (κ3) is 0.824. The Kier molecular flexibility index (Phi) is 1.41. The van der Waals surface area contributed by atoms with Crippen LogP contribution in [0.2, 0.25) is 0 Å². The Balaban J connectivity index is 2.17. The van der Waals surface area contributed by atoms with Gasteiger partial charge in [-0.2, -0.15) is 0 Å². The van der Waals surface area contributed by atoms with Gasteiger partial charge in [-0.25, -0.2) is 0 Å². The van der Waals surface area contributed by atoms with Crippen LogP contribution in [0.5, 0.6) is 0 Å². The van der Waals surface area contributed by atoms with Crippen LogP contribution >= 0.6 is 11.6 Å². The van der Waals surface area contributed by atoms with Gasteiger partial charge in [0.15, 0.2) is 0 Å². The van der Waals surface area contributed by atoms with Crippen LogP contribution in [0.3, 0.4) is 0 Å². The Labute approximate surface area is 74.3 Å². The molecule has 1 heteroatoms. The third-order valence-electron chi connectivity index (χ3n) is 4.00. The number of fused-ring (bicyclic) bond motifs is 1. The lowest BCUT2D eigenvalue weighted by molar-refractivity contribution is 0.383. The topological polar surface area (TPSA) is 0 Å². The summed E-state index contributed by atoms with van der Waals surface area (Å²) < 4.78 is 0. The fraction of sp³-hybridized carbons (Fsp3) is 1.00. The molecule has 2 aliphatic carbocycles. The van der Waals surface area contributed by atoms with Crippen LogP contribution < -0.4 is 0 Å². The standard InChI is InChI=1S/C10H17Cl/c1-7-4-5-8-9(2,3)10(8,11)6-7/h7-8H,4-6H2,1-3H3. The summed E-state index contributed by atoms with van der Waals surface area (Å²) in [5, 5.41) is 0. The zero-order valence-electron chi connectivity index (χ0n) is 7.65. The Morgan fingerprint density at radius 2 is 1.91 bits per heavy atom. The monoisotopic (exact) mass is 172 g/mol. The minimum absolute atomic E-state index is 0.185. The van der Waals surface area contributed by atoms with E-state index < -0.39 is 0 Å². The van der Waals surface area contributed by atoms with Crippen molar-refractivity contribution >= 4 is 11.6 Å². The number of alkyl halides is 1. The molecule has 3 atom stereocenters. The van der Waals surface area contributed by atoms with E-state index in [1.807, 2.05) is 0 Å². The average Bonchev–Trinajstić information content (AvgIpc) is 2.26. The lowest BCUT2D eigenvalue weighted by Gasteiger charge is -2.21. The molecule has 0 N–H and O–H groups in total. The molecule has 3 unspecified atom stereocenters. The van der Waals surface area contributed by atoms with Crippen LogP contribution in [-0.2, 0) is 0 Å². The summed E-state index contributed by atoms with van der Waals surface area (Å²) in [6.07, 6.45) is 3.99. The third-order valence-corrected chi connectivity index (χ3v) is 4.91. The molecule has 64 valence electrons. The van der Waals surface area contributed by atoms with E-state index in [1.54, 1.807) is 0 Å². The molecule has 0 aromatic rings. The van der Waals surface area contributed by atoms with Crippen molar-refractivity contribution in [1.82, 2.24) is 0 Å². The molecule has 0 aromatic carbocycles. The summed E-state index contributed by atoms with van der Waals surface area (Å²) in [5.74, 6) is 1.67. The van der Waals surface area contributed by atoms with E-state index in [0.717, 1.165) is 11.8 Å². The van der Waals surface area contributed by atoms with Crippen LogP contribution in [0.1, 0.15) is 40.0 Å². The first kappa shape index (κ1) is 7.91. The highest BCUT2D eigenvalue weighted by atomic mass is 35.5. The molecule has 2 fully saturated rings. The smallest absolute Gasteiger partial charge is 0.0537 e. The zero-order valence-corrected chi connectivity index (χ0v) is 8.41. The number of rotatable bonds is 0. The van der Waals surface area contributed by atoms with Crippen molar-refractivity contribution in [2.24, 2.45) is 17.3 Å². The van der Waals surface area contributed by atoms with Crippen molar-refractivity contribution in [3.05, 3.63) is 0 Å². The van der Waals surface area contributed by atoms with Crippen LogP contribution in [0.25, 0.3) is 0 Å². The SMILES string of the molecule is CC1CCC2C(C)(C)C2(Cl)C1. The molecule has 0 spiro atoms. The van der Waals surface area contributed by atoms with Gasteiger partial charge in [-0.15, -0.1) is 11.6 Å². The van der Waals surface area contributed by atoms with Gasteiger partial charge in [0.1, 0.15) is 0 Å². The molecule has 0 aromatic heterocycles. The second-order valence-electron chi connectivity index (χ2n) is 5.02. The highest BCUT2D eigenvalue weighted by molar-refractivity contribution is 6.27. The Hall–Kier alpha value is 0.290. The van der Waals surface area contributed by atoms with Crippen LogP contribution in [0.15, 0.2) is 0 Å². The predicted molar refractivity (Wildman–Crippen MR) is 48.9 cm³/mol. The second kappa shape index (κ2) is 1.96. The van der Waals surface area contributed by atoms with Gasteiger partial charge in [0, 0.05) is 0 Å². The predicted octanol–water partition coefficient (Wildman–Crippen LogP) is 3.44. The maximum atomic E-state index is 6.53. The molecule has 0 amide bonds. The van der Waals surface area contributed by atoms with E-state index in [9.17, 15) is 0 Å². The van der Waals surface area contributed by atoms with E-state index in [4.69, 9.17) is 11.6 Å². The van der Waals surface area contributed by atoms with Crippen LogP contribution in [0, 0.1) is 17.3 Å². The summed E-state index contributed by atoms with van der Waals surface area (Å²) in [7, 11) is 0. The summed E-state index contributed by atoms with van der Waals surface area (Å²) >= 11 is 6.53. The first-order chi connectivity index (χ1) is 4.98. The van der Waals surface area contributed by atoms with E-state index >= 15 is 0 Å². The van der Waals surface area contributed by atoms with Gasteiger partial charge in [-0.05, 0) is 30.1 Å². The van der Waals surface area contributed by atoms with E-state index in [-0.39, 0.29) is 4.87 Å². The highest BCUT2D eigenvalue weighted by Crippen LogP contribution is 2.72. The summed E-state index contributed by atoms with van der Waals surface area (Å²) in [6.45, 7) is 6.97. The normalized spacial score (nSPS) is 53.5. The molecular formula is C10H17Cl. The lowest BCUT2D eigenvalue weighted by atomic mass is 9.90. The number of halogens is 1. The largest absolute Gasteiger partial charge is 0.118 e. The van der Waals surface area contributed by atoms with Gasteiger partial charge >= 0.3 is 0 Å². The van der Waals surface area contributed by atoms with Gasteiger partial charge in [0.25, 0.3) is 0 Å². The summed E-state index contributed by atoms with van der Waals surface area (Å²) in [6, 6.07) is 0. The molecule has 0 aliphatic heterocycles. The molecular weight excluding hydrogens is 156 g/mol. The van der Waals surface area contributed by atoms with E-state index in [0.29, 0.717) is 5.41 Å². The van der Waals surface area contributed by atoms with Gasteiger partial charge in [0.2, 0.25) is 0 Å². The molecule has 0 nitrogen and oxygen atoms in total. The van der Waals surface area contributed by atoms with Crippen LogP contribution in [-0.4, -0.2) is 4.87 Å². The van der Waals surface area contributed by atoms with Crippen molar-refractivity contribution in [3.63, 3.8) is 0 Å². The fourth-order valence-corrected chi connectivity index (χ4v) is 3.69. The molecule has 2 saturated carbocycles. The zero-order chi connectivity index (χ0) is 8.28. The quantitative estimate of drug-likeness (QED) is 0.491. The maximum absolute atomic E-state index is 6.53. The summed E-state index contributed by atoms with van der Waals surface area (Å²) in [5.41, 5.74) is 0.430. The number of hydrogen-bond donors (Lipinski definition) is 0. The average molecular weight is 173 g/mol. The molecule has 0 saturated heterocycles. The molecule has 0 radical (unpaired) electrons. The molecule has 2 aliphatic rings. The van der Waals surface area contributed by atoms with Crippen molar-refractivity contribution in [2.45, 2.75) is 44.9 Å². The Bertz CT molecular complexity index is 185. The number of hydrogen-bond acceptors (Lipinski definition) is 0. The molecule has 11 heavy (non-hydrogen) atoms. The fourth-order valence-electron chi connectivity index (χ4n) is 2.96. The van der Waals surface area contributed by atoms with Gasteiger partial charge < -0.3 is 0 Å². The Morgan fingerprint density at radius 1 is 1.27 bits per heavy atom. The first-order valence-electron chi connectivity index (χ1n) is 4.67.